The molecular formula is C19H20ClNO2. The van der Waals surface area contributed by atoms with Crippen molar-refractivity contribution in [2.75, 3.05) is 13.6 Å². The number of fused-ring (bicyclic) bond motifs is 1. The van der Waals surface area contributed by atoms with Gasteiger partial charge in [-0.25, -0.2) is 0 Å². The highest BCUT2D eigenvalue weighted by atomic mass is 35.5. The summed E-state index contributed by atoms with van der Waals surface area (Å²) in [5, 5.41) is 0.684. The fourth-order valence-electron chi connectivity index (χ4n) is 2.85. The smallest absolute Gasteiger partial charge is 0.226 e. The van der Waals surface area contributed by atoms with Crippen LogP contribution in [0.5, 0.6) is 0 Å². The average molecular weight is 330 g/mol. The van der Waals surface area contributed by atoms with E-state index in [9.17, 15) is 4.79 Å². The van der Waals surface area contributed by atoms with E-state index in [2.05, 4.69) is 18.2 Å². The molecular weight excluding hydrogens is 310 g/mol. The van der Waals surface area contributed by atoms with Crippen molar-refractivity contribution in [3.8, 4) is 0 Å². The molecule has 0 N–H and O–H groups in total. The Morgan fingerprint density at radius 3 is 2.61 bits per heavy atom. The lowest BCUT2D eigenvalue weighted by molar-refractivity contribution is -0.131. The van der Waals surface area contributed by atoms with Gasteiger partial charge in [-0.05, 0) is 28.8 Å². The first-order valence-electron chi connectivity index (χ1n) is 7.78. The molecule has 0 bridgehead atoms. The number of hydrogen-bond donors (Lipinski definition) is 0. The van der Waals surface area contributed by atoms with Crippen LogP contribution >= 0.6 is 11.6 Å². The number of carbonyl (C=O) groups excluding carboxylic acids is 1. The maximum Gasteiger partial charge on any atom is 0.226 e. The Kier molecular flexibility index (Phi) is 4.99. The number of hydrogen-bond acceptors (Lipinski definition) is 2. The fourth-order valence-corrected chi connectivity index (χ4v) is 2.97. The van der Waals surface area contributed by atoms with Gasteiger partial charge < -0.3 is 9.64 Å². The average Bonchev–Trinajstić information content (AvgIpc) is 2.56. The van der Waals surface area contributed by atoms with Crippen LogP contribution in [0.25, 0.3) is 0 Å². The molecule has 0 spiro atoms. The number of nitrogens with zero attached hydrogens (tertiary/aromatic N) is 1. The molecule has 0 aromatic heterocycles. The zero-order valence-corrected chi connectivity index (χ0v) is 13.9. The molecule has 1 unspecified atom stereocenters. The molecule has 23 heavy (non-hydrogen) atoms. The minimum Gasteiger partial charge on any atom is -0.371 e. The van der Waals surface area contributed by atoms with Crippen molar-refractivity contribution in [1.29, 1.82) is 0 Å². The highest BCUT2D eigenvalue weighted by molar-refractivity contribution is 6.30. The number of halogens is 1. The molecule has 3 rings (SSSR count). The molecule has 0 saturated heterocycles. The Bertz CT molecular complexity index is 684. The lowest BCUT2D eigenvalue weighted by atomic mass is 9.99. The molecule has 120 valence electrons. The van der Waals surface area contributed by atoms with Gasteiger partial charge in [-0.15, -0.1) is 0 Å². The third kappa shape index (κ3) is 4.12. The summed E-state index contributed by atoms with van der Waals surface area (Å²) in [5.74, 6) is 0.0924. The second-order valence-electron chi connectivity index (χ2n) is 5.98. The summed E-state index contributed by atoms with van der Waals surface area (Å²) in [5.41, 5.74) is 3.54. The lowest BCUT2D eigenvalue weighted by Gasteiger charge is -2.29. The highest BCUT2D eigenvalue weighted by Crippen LogP contribution is 2.21. The predicted octanol–water partition coefficient (Wildman–Crippen LogP) is 3.48. The summed E-state index contributed by atoms with van der Waals surface area (Å²) in [6.07, 6.45) is 1.30. The van der Waals surface area contributed by atoms with Gasteiger partial charge in [0.1, 0.15) is 0 Å². The Balaban J connectivity index is 1.56. The number of likely N-dealkylation sites (N-methyl/N-ethyl adjacent to an activating group) is 1. The number of benzene rings is 2. The van der Waals surface area contributed by atoms with Crippen molar-refractivity contribution >= 4 is 17.5 Å². The summed E-state index contributed by atoms with van der Waals surface area (Å²) in [7, 11) is 1.84. The normalized spacial score (nSPS) is 16.7. The fraction of sp³-hybridized carbons (Fsp3) is 0.316. The van der Waals surface area contributed by atoms with Crippen LogP contribution in [0.2, 0.25) is 5.02 Å². The van der Waals surface area contributed by atoms with Crippen molar-refractivity contribution < 1.29 is 9.53 Å². The third-order valence-electron chi connectivity index (χ3n) is 4.21. The molecule has 0 aliphatic carbocycles. The number of carbonyl (C=O) groups is 1. The molecule has 1 aliphatic heterocycles. The van der Waals surface area contributed by atoms with Crippen molar-refractivity contribution in [2.24, 2.45) is 0 Å². The lowest BCUT2D eigenvalue weighted by Crippen LogP contribution is -2.38. The van der Waals surface area contributed by atoms with Gasteiger partial charge in [0.2, 0.25) is 5.91 Å². The summed E-state index contributed by atoms with van der Waals surface area (Å²) in [4.78, 5) is 14.1. The van der Waals surface area contributed by atoms with Crippen LogP contribution in [0.15, 0.2) is 48.5 Å². The molecule has 0 fully saturated rings. The summed E-state index contributed by atoms with van der Waals surface area (Å²) in [6.45, 7) is 1.24. The monoisotopic (exact) mass is 329 g/mol. The Morgan fingerprint density at radius 1 is 1.17 bits per heavy atom. The Labute approximate surface area is 141 Å². The molecule has 4 heteroatoms. The molecule has 1 atom stereocenters. The van der Waals surface area contributed by atoms with E-state index < -0.39 is 0 Å². The van der Waals surface area contributed by atoms with Crippen molar-refractivity contribution in [2.45, 2.75) is 25.6 Å². The van der Waals surface area contributed by atoms with Gasteiger partial charge in [0.25, 0.3) is 0 Å². The van der Waals surface area contributed by atoms with Gasteiger partial charge >= 0.3 is 0 Å². The zero-order valence-electron chi connectivity index (χ0n) is 13.2. The quantitative estimate of drug-likeness (QED) is 0.859. The van der Waals surface area contributed by atoms with Crippen LogP contribution in [-0.2, 0) is 29.0 Å². The summed E-state index contributed by atoms with van der Waals surface area (Å²) >= 11 is 5.87. The summed E-state index contributed by atoms with van der Waals surface area (Å²) in [6, 6.07) is 15.7. The highest BCUT2D eigenvalue weighted by Gasteiger charge is 2.22. The third-order valence-corrected chi connectivity index (χ3v) is 4.46. The van der Waals surface area contributed by atoms with Gasteiger partial charge in [0.15, 0.2) is 0 Å². The van der Waals surface area contributed by atoms with Crippen molar-refractivity contribution in [3.63, 3.8) is 0 Å². The molecule has 2 aromatic carbocycles. The van der Waals surface area contributed by atoms with E-state index in [-0.39, 0.29) is 12.0 Å². The van der Waals surface area contributed by atoms with Crippen molar-refractivity contribution in [3.05, 3.63) is 70.2 Å². The van der Waals surface area contributed by atoms with Crippen LogP contribution in [0.4, 0.5) is 0 Å². The standard InChI is InChI=1S/C19H20ClNO2/c1-21(19(22)10-14-6-8-17(20)9-7-14)12-18-11-15-4-2-3-5-16(15)13-23-18/h2-9,18H,10-13H2,1H3. The minimum atomic E-state index is 0.0593. The molecule has 1 amide bonds. The van der Waals surface area contributed by atoms with Gasteiger partial charge in [-0.1, -0.05) is 48.0 Å². The minimum absolute atomic E-state index is 0.0593. The van der Waals surface area contributed by atoms with Crippen LogP contribution < -0.4 is 0 Å². The predicted molar refractivity (Wildman–Crippen MR) is 91.5 cm³/mol. The topological polar surface area (TPSA) is 29.5 Å². The molecule has 2 aromatic rings. The van der Waals surface area contributed by atoms with Crippen molar-refractivity contribution in [1.82, 2.24) is 4.90 Å². The van der Waals surface area contributed by atoms with Crippen LogP contribution in [0.3, 0.4) is 0 Å². The largest absolute Gasteiger partial charge is 0.371 e. The van der Waals surface area contributed by atoms with E-state index in [4.69, 9.17) is 16.3 Å². The molecule has 3 nitrogen and oxygen atoms in total. The van der Waals surface area contributed by atoms with Gasteiger partial charge in [-0.2, -0.15) is 0 Å². The van der Waals surface area contributed by atoms with E-state index in [1.807, 2.05) is 37.4 Å². The number of amides is 1. The molecule has 1 aliphatic rings. The van der Waals surface area contributed by atoms with E-state index >= 15 is 0 Å². The van der Waals surface area contributed by atoms with E-state index in [0.717, 1.165) is 12.0 Å². The van der Waals surface area contributed by atoms with E-state index in [1.54, 1.807) is 4.90 Å². The SMILES string of the molecule is CN(CC1Cc2ccccc2CO1)C(=O)Cc1ccc(Cl)cc1. The van der Waals surface area contributed by atoms with E-state index in [1.165, 1.54) is 11.1 Å². The molecule has 1 heterocycles. The number of ether oxygens (including phenoxy) is 1. The van der Waals surface area contributed by atoms with Crippen LogP contribution in [0.1, 0.15) is 16.7 Å². The molecule has 0 radical (unpaired) electrons. The molecule has 0 saturated carbocycles. The van der Waals surface area contributed by atoms with E-state index in [0.29, 0.717) is 24.6 Å². The first kappa shape index (κ1) is 16.0. The van der Waals surface area contributed by atoms with Crippen LogP contribution in [0, 0.1) is 0 Å². The zero-order chi connectivity index (χ0) is 16.2. The number of rotatable bonds is 4. The van der Waals surface area contributed by atoms with Gasteiger partial charge in [-0.3, -0.25) is 4.79 Å². The van der Waals surface area contributed by atoms with Gasteiger partial charge in [0, 0.05) is 25.0 Å². The van der Waals surface area contributed by atoms with Gasteiger partial charge in [0.05, 0.1) is 19.1 Å². The second-order valence-corrected chi connectivity index (χ2v) is 6.42. The van der Waals surface area contributed by atoms with Crippen LogP contribution in [-0.4, -0.2) is 30.5 Å². The second kappa shape index (κ2) is 7.16. The Morgan fingerprint density at radius 2 is 1.87 bits per heavy atom. The summed E-state index contributed by atoms with van der Waals surface area (Å²) < 4.78 is 5.88. The maximum atomic E-state index is 12.4. The Hall–Kier alpha value is -1.84. The first-order valence-corrected chi connectivity index (χ1v) is 8.16. The first-order chi connectivity index (χ1) is 11.1. The maximum absolute atomic E-state index is 12.4.